The topological polar surface area (TPSA) is 309 Å². The molecule has 0 aromatic heterocycles. The molecule has 19 heteroatoms. The Morgan fingerprint density at radius 3 is 1.80 bits per heavy atom. The van der Waals surface area contributed by atoms with Crippen LogP contribution < -0.4 is 21.4 Å². The Bertz CT molecular complexity index is 2410. The number of aliphatic carboxylic acids is 4. The summed E-state index contributed by atoms with van der Waals surface area (Å²) in [5.74, 6) is -7.30. The Morgan fingerprint density at radius 2 is 1.26 bits per heavy atom. The van der Waals surface area contributed by atoms with Crippen LogP contribution in [0.25, 0.3) is 0 Å². The number of carbonyl (C=O) groups excluding carboxylic acids is 2. The van der Waals surface area contributed by atoms with E-state index in [9.17, 15) is 49.3 Å². The normalized spacial score (nSPS) is 20.5. The van der Waals surface area contributed by atoms with Crippen LogP contribution in [-0.4, -0.2) is 101 Å². The molecule has 0 saturated carbocycles. The summed E-state index contributed by atoms with van der Waals surface area (Å²) in [7, 11) is 0. The molecule has 320 valence electrons. The highest BCUT2D eigenvalue weighted by Gasteiger charge is 2.39. The molecular formula is C42H45N7O12. The summed E-state index contributed by atoms with van der Waals surface area (Å²) in [6, 6.07) is -3.33. The molecular weight excluding hydrogens is 794 g/mol. The first-order chi connectivity index (χ1) is 28.7. The molecule has 0 radical (unpaired) electrons. The molecule has 5 heterocycles. The summed E-state index contributed by atoms with van der Waals surface area (Å²) in [5.41, 5.74) is 7.64. The fourth-order valence-electron chi connectivity index (χ4n) is 7.22. The maximum atomic E-state index is 13.1. The SMILES string of the molecule is C=CC1=C(C)C2=CC3=C(C=CNO)C(C)(O)C(=CC4=NC(=CC5=NC(=CC1=N2)C(C)=C5CCC(=O)NC(CC(=O)O)C(=O)O)C(CCC(=O)NC(CC(=O)O)C(=O)O)=C4C)N3. The van der Waals surface area contributed by atoms with E-state index in [0.29, 0.717) is 73.4 Å². The molecule has 5 rings (SSSR count). The van der Waals surface area contributed by atoms with Crippen molar-refractivity contribution in [2.24, 2.45) is 15.0 Å². The van der Waals surface area contributed by atoms with Crippen LogP contribution in [0.4, 0.5) is 0 Å². The van der Waals surface area contributed by atoms with Gasteiger partial charge in [0.25, 0.3) is 0 Å². The van der Waals surface area contributed by atoms with E-state index < -0.39 is 66.2 Å². The Labute approximate surface area is 348 Å². The largest absolute Gasteiger partial charge is 0.481 e. The zero-order chi connectivity index (χ0) is 44.9. The van der Waals surface area contributed by atoms with Crippen LogP contribution in [0.15, 0.2) is 132 Å². The fourth-order valence-corrected chi connectivity index (χ4v) is 7.22. The van der Waals surface area contributed by atoms with Crippen molar-refractivity contribution < 1.29 is 59.5 Å². The van der Waals surface area contributed by atoms with Crippen molar-refractivity contribution in [2.45, 2.75) is 83.9 Å². The number of nitrogens with one attached hydrogen (secondary N) is 4. The van der Waals surface area contributed by atoms with Crippen LogP contribution in [0.2, 0.25) is 0 Å². The van der Waals surface area contributed by atoms with Gasteiger partial charge in [0.1, 0.15) is 17.7 Å². The first-order valence-electron chi connectivity index (χ1n) is 18.9. The van der Waals surface area contributed by atoms with Crippen LogP contribution in [0.3, 0.4) is 0 Å². The van der Waals surface area contributed by atoms with Crippen molar-refractivity contribution >= 4 is 52.8 Å². The molecule has 3 unspecified atom stereocenters. The zero-order valence-corrected chi connectivity index (χ0v) is 33.6. The molecule has 0 aromatic carbocycles. The molecule has 0 fully saturated rings. The summed E-state index contributed by atoms with van der Waals surface area (Å²) >= 11 is 0. The number of amides is 2. The second-order valence-corrected chi connectivity index (χ2v) is 14.7. The van der Waals surface area contributed by atoms with Crippen LogP contribution in [0, 0.1) is 0 Å². The molecule has 5 aliphatic heterocycles. The van der Waals surface area contributed by atoms with E-state index >= 15 is 0 Å². The summed E-state index contributed by atoms with van der Waals surface area (Å²) in [4.78, 5) is 86.6. The number of carbonyl (C=O) groups is 6. The number of hydrogen-bond acceptors (Lipinski definition) is 13. The minimum Gasteiger partial charge on any atom is -0.481 e. The van der Waals surface area contributed by atoms with E-state index in [-0.39, 0.29) is 31.4 Å². The third kappa shape index (κ3) is 9.97. The predicted molar refractivity (Wildman–Crippen MR) is 220 cm³/mol. The van der Waals surface area contributed by atoms with E-state index in [2.05, 4.69) is 22.5 Å². The fraction of sp³-hybridized carbons (Fsp3) is 0.310. The lowest BCUT2D eigenvalue weighted by Crippen LogP contribution is -2.42. The molecule has 3 atom stereocenters. The van der Waals surface area contributed by atoms with E-state index in [4.69, 9.17) is 25.2 Å². The molecule has 61 heavy (non-hydrogen) atoms. The number of aliphatic hydroxyl groups is 1. The Balaban J connectivity index is 1.66. The number of carboxylic acids is 4. The summed E-state index contributed by atoms with van der Waals surface area (Å²) in [5, 5.41) is 66.4. The van der Waals surface area contributed by atoms with Crippen molar-refractivity contribution in [3.8, 4) is 0 Å². The standard InChI is InChI=1S/C42H45N7O12/c1-6-22-19(2)27-14-32-25(11-12-43-61)42(5,60)35(47-32)16-28-21(4)24(8-10-37(51)49-34(41(58)59)18-39(54)55)31(46-28)15-30-23(20(3)26(45-30)13-29(22)44-27)7-9-36(50)48-33(40(56)57)17-38(52)53/h6,11-16,33-34,43,47,60-61H,1,7-10,17-18H2,2-5H3,(H,48,50)(H,49,51)(H,52,53)(H,54,55)(H,56,57)(H,58,59). The van der Waals surface area contributed by atoms with Gasteiger partial charge >= 0.3 is 23.9 Å². The van der Waals surface area contributed by atoms with Gasteiger partial charge in [-0.3, -0.25) is 29.9 Å². The Hall–Kier alpha value is -7.25. The quantitative estimate of drug-likeness (QED) is 0.0943. The first-order valence-corrected chi connectivity index (χ1v) is 18.9. The van der Waals surface area contributed by atoms with Gasteiger partial charge in [-0.1, -0.05) is 12.7 Å². The van der Waals surface area contributed by atoms with E-state index in [0.717, 1.165) is 5.57 Å². The second kappa shape index (κ2) is 18.3. The van der Waals surface area contributed by atoms with E-state index in [1.54, 1.807) is 51.2 Å². The molecule has 10 N–H and O–H groups in total. The zero-order valence-electron chi connectivity index (χ0n) is 33.6. The maximum Gasteiger partial charge on any atom is 0.326 e. The van der Waals surface area contributed by atoms with Gasteiger partial charge in [0, 0.05) is 35.9 Å². The number of rotatable bonds is 17. The van der Waals surface area contributed by atoms with Gasteiger partial charge in [0.05, 0.1) is 52.8 Å². The van der Waals surface area contributed by atoms with Crippen molar-refractivity contribution in [3.63, 3.8) is 0 Å². The van der Waals surface area contributed by atoms with Gasteiger partial charge in [0.2, 0.25) is 11.8 Å². The summed E-state index contributed by atoms with van der Waals surface area (Å²) in [6.07, 6.45) is 8.93. The van der Waals surface area contributed by atoms with Gasteiger partial charge < -0.3 is 41.5 Å². The van der Waals surface area contributed by atoms with Crippen LogP contribution >= 0.6 is 0 Å². The lowest BCUT2D eigenvalue weighted by atomic mass is 9.92. The minimum atomic E-state index is -1.67. The molecule has 2 amide bonds. The van der Waals surface area contributed by atoms with Crippen molar-refractivity contribution in [1.82, 2.24) is 21.4 Å². The maximum absolute atomic E-state index is 13.1. The van der Waals surface area contributed by atoms with Gasteiger partial charge in [-0.25, -0.2) is 24.6 Å². The average molecular weight is 840 g/mol. The predicted octanol–water partition coefficient (Wildman–Crippen LogP) is 2.78. The molecule has 5 aliphatic rings. The third-order valence-corrected chi connectivity index (χ3v) is 10.6. The monoisotopic (exact) mass is 839 g/mol. The number of nitrogens with zero attached hydrogens (tertiary/aromatic N) is 3. The number of fused-ring (bicyclic) bond motifs is 5. The molecule has 8 bridgehead atoms. The number of carboxylic acid groups (broad SMARTS) is 4. The van der Waals surface area contributed by atoms with Crippen LogP contribution in [0.1, 0.15) is 66.2 Å². The highest BCUT2D eigenvalue weighted by molar-refractivity contribution is 6.18. The van der Waals surface area contributed by atoms with Crippen molar-refractivity contribution in [3.05, 3.63) is 117 Å². The number of hydrogen-bond donors (Lipinski definition) is 10. The van der Waals surface area contributed by atoms with Gasteiger partial charge in [-0.15, -0.1) is 0 Å². The first kappa shape index (κ1) is 44.8. The average Bonchev–Trinajstić information content (AvgIpc) is 3.81. The molecule has 19 nitrogen and oxygen atoms in total. The molecule has 0 aromatic rings. The molecule has 0 spiro atoms. The molecule has 0 aliphatic carbocycles. The highest BCUT2D eigenvalue weighted by Crippen LogP contribution is 2.40. The van der Waals surface area contributed by atoms with Crippen LogP contribution in [0.5, 0.6) is 0 Å². The number of aliphatic imine (C=N–C) groups is 3. The minimum absolute atomic E-state index is 0.00516. The van der Waals surface area contributed by atoms with E-state index in [1.165, 1.54) is 12.3 Å². The summed E-state index contributed by atoms with van der Waals surface area (Å²) < 4.78 is 0. The number of hydroxylamine groups is 1. The lowest BCUT2D eigenvalue weighted by molar-refractivity contribution is -0.147. The van der Waals surface area contributed by atoms with Crippen molar-refractivity contribution in [2.75, 3.05) is 0 Å². The summed E-state index contributed by atoms with van der Waals surface area (Å²) in [6.45, 7) is 10.9. The van der Waals surface area contributed by atoms with Gasteiger partial charge in [-0.2, -0.15) is 0 Å². The Morgan fingerprint density at radius 1 is 0.738 bits per heavy atom. The lowest BCUT2D eigenvalue weighted by Gasteiger charge is -2.20. The smallest absolute Gasteiger partial charge is 0.326 e. The second-order valence-electron chi connectivity index (χ2n) is 14.7. The number of allylic oxidation sites excluding steroid dienone is 11. The van der Waals surface area contributed by atoms with Crippen LogP contribution in [-0.2, 0) is 28.8 Å². The van der Waals surface area contributed by atoms with Gasteiger partial charge in [-0.05, 0) is 98.8 Å². The van der Waals surface area contributed by atoms with Gasteiger partial charge in [0.15, 0.2) is 0 Å². The van der Waals surface area contributed by atoms with Crippen molar-refractivity contribution in [1.29, 1.82) is 0 Å². The highest BCUT2D eigenvalue weighted by atomic mass is 16.5. The molecule has 0 saturated heterocycles. The third-order valence-electron chi connectivity index (χ3n) is 10.6. The Kier molecular flexibility index (Phi) is 13.5. The van der Waals surface area contributed by atoms with E-state index in [1.807, 2.05) is 12.4 Å².